The molecule has 1 unspecified atom stereocenters. The van der Waals surface area contributed by atoms with Crippen LogP contribution < -0.4 is 0 Å². The predicted octanol–water partition coefficient (Wildman–Crippen LogP) is 4.31. The summed E-state index contributed by atoms with van der Waals surface area (Å²) in [6.07, 6.45) is 2.81. The lowest BCUT2D eigenvalue weighted by molar-refractivity contribution is 0.219. The first-order valence-electron chi connectivity index (χ1n) is 6.88. The SMILES string of the molecule is OC(c1ccc(C2CCC2)cc1)c1ccc(F)c(F)c1. The van der Waals surface area contributed by atoms with Crippen molar-refractivity contribution >= 4 is 0 Å². The van der Waals surface area contributed by atoms with Crippen molar-refractivity contribution in [2.24, 2.45) is 0 Å². The first-order chi connectivity index (χ1) is 9.65. The van der Waals surface area contributed by atoms with Gasteiger partial charge in [-0.25, -0.2) is 8.78 Å². The highest BCUT2D eigenvalue weighted by atomic mass is 19.2. The standard InChI is InChI=1S/C17H16F2O/c18-15-9-8-14(10-16(15)19)17(20)13-6-4-12(5-7-13)11-2-1-3-11/h4-11,17,20H,1-3H2. The molecule has 1 saturated carbocycles. The summed E-state index contributed by atoms with van der Waals surface area (Å²) in [5.74, 6) is -1.20. The first-order valence-corrected chi connectivity index (χ1v) is 6.88. The van der Waals surface area contributed by atoms with Gasteiger partial charge in [0, 0.05) is 0 Å². The second-order valence-electron chi connectivity index (χ2n) is 5.37. The van der Waals surface area contributed by atoms with E-state index in [-0.39, 0.29) is 0 Å². The molecule has 1 aliphatic carbocycles. The van der Waals surface area contributed by atoms with Crippen molar-refractivity contribution in [1.82, 2.24) is 0 Å². The Labute approximate surface area is 116 Å². The van der Waals surface area contributed by atoms with Crippen LogP contribution >= 0.6 is 0 Å². The molecule has 0 aliphatic heterocycles. The molecule has 0 heterocycles. The van der Waals surface area contributed by atoms with E-state index in [0.717, 1.165) is 12.1 Å². The summed E-state index contributed by atoms with van der Waals surface area (Å²) < 4.78 is 26.1. The molecule has 2 aromatic rings. The third kappa shape index (κ3) is 2.46. The van der Waals surface area contributed by atoms with Crippen LogP contribution in [0.25, 0.3) is 0 Å². The van der Waals surface area contributed by atoms with Gasteiger partial charge in [0.15, 0.2) is 11.6 Å². The van der Waals surface area contributed by atoms with Crippen LogP contribution in [0.5, 0.6) is 0 Å². The molecule has 1 nitrogen and oxygen atoms in total. The minimum Gasteiger partial charge on any atom is -0.384 e. The Hall–Kier alpha value is -1.74. The van der Waals surface area contributed by atoms with Crippen LogP contribution in [0.15, 0.2) is 42.5 Å². The van der Waals surface area contributed by atoms with Gasteiger partial charge in [0.2, 0.25) is 0 Å². The van der Waals surface area contributed by atoms with Gasteiger partial charge < -0.3 is 5.11 Å². The van der Waals surface area contributed by atoms with Crippen molar-refractivity contribution in [2.75, 3.05) is 0 Å². The zero-order valence-corrected chi connectivity index (χ0v) is 11.0. The number of benzene rings is 2. The van der Waals surface area contributed by atoms with E-state index in [1.165, 1.54) is 30.9 Å². The molecule has 0 amide bonds. The zero-order chi connectivity index (χ0) is 14.1. The quantitative estimate of drug-likeness (QED) is 0.884. The maximum atomic E-state index is 13.2. The smallest absolute Gasteiger partial charge is 0.159 e. The molecule has 2 aromatic carbocycles. The fraction of sp³-hybridized carbons (Fsp3) is 0.294. The van der Waals surface area contributed by atoms with Crippen LogP contribution in [0.1, 0.15) is 48.0 Å². The highest BCUT2D eigenvalue weighted by Gasteiger charge is 2.20. The molecule has 0 bridgehead atoms. The maximum absolute atomic E-state index is 13.2. The molecule has 0 radical (unpaired) electrons. The lowest BCUT2D eigenvalue weighted by atomic mass is 9.80. The normalized spacial score (nSPS) is 16.8. The molecule has 104 valence electrons. The van der Waals surface area contributed by atoms with Crippen molar-refractivity contribution in [3.8, 4) is 0 Å². The number of aliphatic hydroxyl groups is 1. The Morgan fingerprint density at radius 3 is 2.10 bits per heavy atom. The fourth-order valence-electron chi connectivity index (χ4n) is 2.57. The van der Waals surface area contributed by atoms with Gasteiger partial charge in [0.05, 0.1) is 0 Å². The Bertz CT molecular complexity index is 603. The summed E-state index contributed by atoms with van der Waals surface area (Å²) in [6, 6.07) is 11.2. The number of hydrogen-bond donors (Lipinski definition) is 1. The topological polar surface area (TPSA) is 20.2 Å². The van der Waals surface area contributed by atoms with Crippen LogP contribution in [0.3, 0.4) is 0 Å². The number of aliphatic hydroxyl groups excluding tert-OH is 1. The van der Waals surface area contributed by atoms with Crippen molar-refractivity contribution in [3.05, 3.63) is 70.8 Å². The molecule has 0 saturated heterocycles. The molecular weight excluding hydrogens is 258 g/mol. The van der Waals surface area contributed by atoms with E-state index < -0.39 is 17.7 Å². The maximum Gasteiger partial charge on any atom is 0.159 e. The third-order valence-electron chi connectivity index (χ3n) is 4.09. The fourth-order valence-corrected chi connectivity index (χ4v) is 2.57. The van der Waals surface area contributed by atoms with Crippen LogP contribution in [0.2, 0.25) is 0 Å². The summed E-state index contributed by atoms with van der Waals surface area (Å²) in [6.45, 7) is 0. The van der Waals surface area contributed by atoms with Gasteiger partial charge in [0.1, 0.15) is 6.10 Å². The average molecular weight is 274 g/mol. The van der Waals surface area contributed by atoms with E-state index in [1.807, 2.05) is 24.3 Å². The van der Waals surface area contributed by atoms with E-state index in [2.05, 4.69) is 0 Å². The summed E-state index contributed by atoms with van der Waals surface area (Å²) >= 11 is 0. The van der Waals surface area contributed by atoms with Crippen molar-refractivity contribution in [1.29, 1.82) is 0 Å². The Balaban J connectivity index is 1.82. The van der Waals surface area contributed by atoms with E-state index in [0.29, 0.717) is 17.0 Å². The summed E-state index contributed by atoms with van der Waals surface area (Å²) in [5.41, 5.74) is 2.34. The Morgan fingerprint density at radius 1 is 0.900 bits per heavy atom. The van der Waals surface area contributed by atoms with Crippen molar-refractivity contribution in [2.45, 2.75) is 31.3 Å². The molecular formula is C17H16F2O. The monoisotopic (exact) mass is 274 g/mol. The van der Waals surface area contributed by atoms with E-state index in [4.69, 9.17) is 0 Å². The summed E-state index contributed by atoms with van der Waals surface area (Å²) in [4.78, 5) is 0. The third-order valence-corrected chi connectivity index (χ3v) is 4.09. The average Bonchev–Trinajstić information content (AvgIpc) is 2.40. The van der Waals surface area contributed by atoms with Gasteiger partial charge in [-0.3, -0.25) is 0 Å². The van der Waals surface area contributed by atoms with Crippen LogP contribution in [0, 0.1) is 11.6 Å². The van der Waals surface area contributed by atoms with Crippen molar-refractivity contribution in [3.63, 3.8) is 0 Å². The Morgan fingerprint density at radius 2 is 1.55 bits per heavy atom. The van der Waals surface area contributed by atoms with Crippen LogP contribution in [0.4, 0.5) is 8.78 Å². The first kappa shape index (κ1) is 13.3. The van der Waals surface area contributed by atoms with E-state index in [9.17, 15) is 13.9 Å². The molecule has 3 heteroatoms. The number of halogens is 2. The molecule has 20 heavy (non-hydrogen) atoms. The van der Waals surface area contributed by atoms with E-state index >= 15 is 0 Å². The highest BCUT2D eigenvalue weighted by Crippen LogP contribution is 2.36. The zero-order valence-electron chi connectivity index (χ0n) is 11.0. The second-order valence-corrected chi connectivity index (χ2v) is 5.37. The summed E-state index contributed by atoms with van der Waals surface area (Å²) in [5, 5.41) is 10.2. The molecule has 0 spiro atoms. The van der Waals surface area contributed by atoms with Gasteiger partial charge >= 0.3 is 0 Å². The summed E-state index contributed by atoms with van der Waals surface area (Å²) in [7, 11) is 0. The molecule has 3 rings (SSSR count). The predicted molar refractivity (Wildman–Crippen MR) is 73.5 cm³/mol. The number of hydrogen-bond acceptors (Lipinski definition) is 1. The second kappa shape index (κ2) is 5.33. The molecule has 1 N–H and O–H groups in total. The van der Waals surface area contributed by atoms with Gasteiger partial charge in [-0.1, -0.05) is 36.8 Å². The molecule has 1 aliphatic rings. The highest BCUT2D eigenvalue weighted by molar-refractivity contribution is 5.33. The van der Waals surface area contributed by atoms with Gasteiger partial charge in [-0.2, -0.15) is 0 Å². The lowest BCUT2D eigenvalue weighted by Crippen LogP contribution is -2.09. The van der Waals surface area contributed by atoms with Gasteiger partial charge in [0.25, 0.3) is 0 Å². The molecule has 1 fully saturated rings. The van der Waals surface area contributed by atoms with Gasteiger partial charge in [-0.15, -0.1) is 0 Å². The van der Waals surface area contributed by atoms with Crippen LogP contribution in [-0.4, -0.2) is 5.11 Å². The minimum absolute atomic E-state index is 0.361. The number of rotatable bonds is 3. The molecule has 1 atom stereocenters. The minimum atomic E-state index is -0.937. The van der Waals surface area contributed by atoms with Crippen LogP contribution in [-0.2, 0) is 0 Å². The lowest BCUT2D eigenvalue weighted by Gasteiger charge is -2.26. The van der Waals surface area contributed by atoms with Gasteiger partial charge in [-0.05, 0) is 47.6 Å². The van der Waals surface area contributed by atoms with E-state index in [1.54, 1.807) is 0 Å². The Kier molecular flexibility index (Phi) is 3.53. The molecule has 0 aromatic heterocycles. The van der Waals surface area contributed by atoms with Crippen molar-refractivity contribution < 1.29 is 13.9 Å². The largest absolute Gasteiger partial charge is 0.384 e.